The number of ether oxygens (including phenoxy) is 1. The predicted octanol–water partition coefficient (Wildman–Crippen LogP) is 1.80. The van der Waals surface area contributed by atoms with E-state index < -0.39 is 5.76 Å². The second-order valence-corrected chi connectivity index (χ2v) is 4.14. The number of rotatable bonds is 3. The van der Waals surface area contributed by atoms with Gasteiger partial charge < -0.3 is 9.15 Å². The summed E-state index contributed by atoms with van der Waals surface area (Å²) in [5.41, 5.74) is 2.00. The zero-order valence-electron chi connectivity index (χ0n) is 10.6. The van der Waals surface area contributed by atoms with Crippen LogP contribution in [0.25, 0.3) is 11.1 Å². The summed E-state index contributed by atoms with van der Waals surface area (Å²) in [5, 5.41) is 0. The minimum atomic E-state index is -0.409. The highest BCUT2D eigenvalue weighted by molar-refractivity contribution is 5.81. The first-order valence-corrected chi connectivity index (χ1v) is 5.75. The molecular weight excluding hydrogens is 234 g/mol. The molecule has 0 saturated heterocycles. The monoisotopic (exact) mass is 249 g/mol. The van der Waals surface area contributed by atoms with Gasteiger partial charge >= 0.3 is 11.7 Å². The number of fused-ring (bicyclic) bond motifs is 1. The fourth-order valence-electron chi connectivity index (χ4n) is 2.05. The molecule has 0 aliphatic rings. The van der Waals surface area contributed by atoms with E-state index in [2.05, 4.69) is 0 Å². The maximum Gasteiger partial charge on any atom is 0.419 e. The van der Waals surface area contributed by atoms with E-state index >= 15 is 0 Å². The van der Waals surface area contributed by atoms with Crippen LogP contribution < -0.4 is 5.76 Å². The number of oxazole rings is 1. The summed E-state index contributed by atoms with van der Waals surface area (Å²) in [6, 6.07) is 5.32. The highest BCUT2D eigenvalue weighted by atomic mass is 16.5. The standard InChI is InChI=1S/C13H15NO4/c1-4-9(12(15)17-3)8-5-6-10-11(7-8)18-13(16)14(10)2/h5-7,9H,4H2,1-3H3. The normalized spacial score (nSPS) is 12.6. The van der Waals surface area contributed by atoms with Crippen molar-refractivity contribution in [2.45, 2.75) is 19.3 Å². The molecule has 96 valence electrons. The summed E-state index contributed by atoms with van der Waals surface area (Å²) in [4.78, 5) is 23.0. The van der Waals surface area contributed by atoms with Crippen LogP contribution in [0.5, 0.6) is 0 Å². The van der Waals surface area contributed by atoms with Crippen molar-refractivity contribution in [2.24, 2.45) is 7.05 Å². The molecule has 0 spiro atoms. The van der Waals surface area contributed by atoms with Crippen LogP contribution in [0.3, 0.4) is 0 Å². The molecule has 1 aromatic carbocycles. The van der Waals surface area contributed by atoms with Crippen molar-refractivity contribution >= 4 is 17.1 Å². The van der Waals surface area contributed by atoms with Crippen molar-refractivity contribution in [3.8, 4) is 0 Å². The smallest absolute Gasteiger partial charge is 0.419 e. The van der Waals surface area contributed by atoms with E-state index in [0.717, 1.165) is 5.56 Å². The summed E-state index contributed by atoms with van der Waals surface area (Å²) < 4.78 is 11.3. The lowest BCUT2D eigenvalue weighted by atomic mass is 9.96. The Kier molecular flexibility index (Phi) is 3.23. The Balaban J connectivity index is 2.52. The van der Waals surface area contributed by atoms with E-state index in [1.54, 1.807) is 19.2 Å². The Morgan fingerprint density at radius 2 is 2.22 bits per heavy atom. The van der Waals surface area contributed by atoms with Crippen LogP contribution >= 0.6 is 0 Å². The molecular formula is C13H15NO4. The molecule has 5 nitrogen and oxygen atoms in total. The number of carbonyl (C=O) groups excluding carboxylic acids is 1. The Hall–Kier alpha value is -2.04. The van der Waals surface area contributed by atoms with Gasteiger partial charge in [0.1, 0.15) is 0 Å². The molecule has 1 aromatic heterocycles. The van der Waals surface area contributed by atoms with E-state index in [9.17, 15) is 9.59 Å². The summed E-state index contributed by atoms with van der Waals surface area (Å²) in [7, 11) is 3.01. The molecule has 1 heterocycles. The quantitative estimate of drug-likeness (QED) is 0.778. The van der Waals surface area contributed by atoms with Gasteiger partial charge in [-0.15, -0.1) is 0 Å². The second-order valence-electron chi connectivity index (χ2n) is 4.14. The van der Waals surface area contributed by atoms with Gasteiger partial charge in [0.25, 0.3) is 0 Å². The van der Waals surface area contributed by atoms with Crippen LogP contribution in [0.4, 0.5) is 0 Å². The Morgan fingerprint density at radius 1 is 1.50 bits per heavy atom. The number of aryl methyl sites for hydroxylation is 1. The van der Waals surface area contributed by atoms with Crippen LogP contribution in [-0.2, 0) is 16.6 Å². The van der Waals surface area contributed by atoms with Crippen molar-refractivity contribution in [1.29, 1.82) is 0 Å². The molecule has 18 heavy (non-hydrogen) atoms. The molecule has 2 aromatic rings. The van der Waals surface area contributed by atoms with Crippen LogP contribution in [-0.4, -0.2) is 17.6 Å². The number of esters is 1. The SMILES string of the molecule is CCC(C(=O)OC)c1ccc2c(c1)oc(=O)n2C. The van der Waals surface area contributed by atoms with Gasteiger partial charge in [-0.05, 0) is 24.1 Å². The number of aromatic nitrogens is 1. The van der Waals surface area contributed by atoms with Gasteiger partial charge in [0, 0.05) is 7.05 Å². The third-order valence-electron chi connectivity index (χ3n) is 3.11. The summed E-state index contributed by atoms with van der Waals surface area (Å²) in [6.45, 7) is 1.91. The zero-order chi connectivity index (χ0) is 13.3. The summed E-state index contributed by atoms with van der Waals surface area (Å²) in [5.74, 6) is -1.02. The highest BCUT2D eigenvalue weighted by Gasteiger charge is 2.20. The molecule has 2 rings (SSSR count). The number of nitrogens with zero attached hydrogens (tertiary/aromatic N) is 1. The highest BCUT2D eigenvalue weighted by Crippen LogP contribution is 2.24. The van der Waals surface area contributed by atoms with E-state index in [1.165, 1.54) is 11.7 Å². The molecule has 0 aliphatic heterocycles. The maximum atomic E-state index is 11.6. The maximum absolute atomic E-state index is 11.6. The first-order valence-electron chi connectivity index (χ1n) is 5.75. The molecule has 0 aliphatic carbocycles. The largest absolute Gasteiger partial charge is 0.469 e. The third kappa shape index (κ3) is 1.92. The lowest BCUT2D eigenvalue weighted by Crippen LogP contribution is -2.13. The number of methoxy groups -OCH3 is 1. The Bertz CT molecular complexity index is 638. The van der Waals surface area contributed by atoms with Gasteiger partial charge in [0.05, 0.1) is 18.5 Å². The fraction of sp³-hybridized carbons (Fsp3) is 0.385. The topological polar surface area (TPSA) is 61.4 Å². The van der Waals surface area contributed by atoms with Gasteiger partial charge in [0.15, 0.2) is 5.58 Å². The number of hydrogen-bond acceptors (Lipinski definition) is 4. The van der Waals surface area contributed by atoms with Crippen molar-refractivity contribution in [2.75, 3.05) is 7.11 Å². The Morgan fingerprint density at radius 3 is 2.83 bits per heavy atom. The van der Waals surface area contributed by atoms with Crippen molar-refractivity contribution in [3.05, 3.63) is 34.3 Å². The molecule has 0 radical (unpaired) electrons. The fourth-order valence-corrected chi connectivity index (χ4v) is 2.05. The third-order valence-corrected chi connectivity index (χ3v) is 3.11. The lowest BCUT2D eigenvalue weighted by molar-refractivity contribution is -0.142. The van der Waals surface area contributed by atoms with Crippen molar-refractivity contribution < 1.29 is 13.9 Å². The number of benzene rings is 1. The van der Waals surface area contributed by atoms with Crippen LogP contribution in [0.1, 0.15) is 24.8 Å². The van der Waals surface area contributed by atoms with E-state index in [0.29, 0.717) is 17.5 Å². The Labute approximate surface area is 104 Å². The molecule has 1 unspecified atom stereocenters. The van der Waals surface area contributed by atoms with E-state index in [4.69, 9.17) is 9.15 Å². The zero-order valence-corrected chi connectivity index (χ0v) is 10.6. The van der Waals surface area contributed by atoms with Gasteiger partial charge in [-0.3, -0.25) is 9.36 Å². The average Bonchev–Trinajstić information content (AvgIpc) is 2.65. The van der Waals surface area contributed by atoms with Crippen molar-refractivity contribution in [1.82, 2.24) is 4.57 Å². The first kappa shape index (κ1) is 12.4. The molecule has 0 amide bonds. The van der Waals surface area contributed by atoms with Crippen LogP contribution in [0.2, 0.25) is 0 Å². The minimum Gasteiger partial charge on any atom is -0.469 e. The van der Waals surface area contributed by atoms with Gasteiger partial charge in [0.2, 0.25) is 0 Å². The van der Waals surface area contributed by atoms with Gasteiger partial charge in [-0.25, -0.2) is 4.79 Å². The summed E-state index contributed by atoms with van der Waals surface area (Å²) in [6.07, 6.45) is 0.634. The molecule has 0 N–H and O–H groups in total. The van der Waals surface area contributed by atoms with Gasteiger partial charge in [-0.2, -0.15) is 0 Å². The lowest BCUT2D eigenvalue weighted by Gasteiger charge is -2.12. The van der Waals surface area contributed by atoms with Crippen LogP contribution in [0, 0.1) is 0 Å². The minimum absolute atomic E-state index is 0.282. The number of hydrogen-bond donors (Lipinski definition) is 0. The number of carbonyl (C=O) groups is 1. The van der Waals surface area contributed by atoms with E-state index in [1.807, 2.05) is 13.0 Å². The van der Waals surface area contributed by atoms with Crippen LogP contribution in [0.15, 0.2) is 27.4 Å². The van der Waals surface area contributed by atoms with Gasteiger partial charge in [-0.1, -0.05) is 13.0 Å². The molecule has 5 heteroatoms. The second kappa shape index (κ2) is 4.68. The van der Waals surface area contributed by atoms with E-state index in [-0.39, 0.29) is 11.9 Å². The predicted molar refractivity (Wildman–Crippen MR) is 66.5 cm³/mol. The average molecular weight is 249 g/mol. The molecule has 0 fully saturated rings. The molecule has 0 bridgehead atoms. The molecule has 1 atom stereocenters. The van der Waals surface area contributed by atoms with Crippen molar-refractivity contribution in [3.63, 3.8) is 0 Å². The first-order chi connectivity index (χ1) is 8.58. The molecule has 0 saturated carbocycles. The summed E-state index contributed by atoms with van der Waals surface area (Å²) >= 11 is 0.